The van der Waals surface area contributed by atoms with Crippen molar-refractivity contribution in [3.8, 4) is 0 Å². The van der Waals surface area contributed by atoms with Crippen molar-refractivity contribution in [2.75, 3.05) is 0 Å². The summed E-state index contributed by atoms with van der Waals surface area (Å²) in [6.07, 6.45) is 0. The van der Waals surface area contributed by atoms with Crippen LogP contribution in [-0.2, 0) is 10.0 Å². The number of hydrogen-bond donors (Lipinski definition) is 2. The van der Waals surface area contributed by atoms with Gasteiger partial charge in [-0.15, -0.1) is 4.83 Å². The summed E-state index contributed by atoms with van der Waals surface area (Å²) in [5.41, 5.74) is 2.95. The van der Waals surface area contributed by atoms with Crippen LogP contribution in [0.3, 0.4) is 0 Å². The van der Waals surface area contributed by atoms with Crippen molar-refractivity contribution in [2.24, 2.45) is 0 Å². The number of rotatable bonds is 4. The van der Waals surface area contributed by atoms with Crippen molar-refractivity contribution in [1.82, 2.24) is 15.2 Å². The molecule has 0 bridgehead atoms. The number of nitrogens with zero attached hydrogens (tertiary/aromatic N) is 1. The Kier molecular flexibility index (Phi) is 4.05. The highest BCUT2D eigenvalue weighted by atomic mass is 32.2. The zero-order valence-corrected chi connectivity index (χ0v) is 12.7. The van der Waals surface area contributed by atoms with Crippen LogP contribution in [0.2, 0.25) is 0 Å². The smallest absolute Gasteiger partial charge is 0.272 e. The van der Waals surface area contributed by atoms with Crippen LogP contribution in [0, 0.1) is 0 Å². The Balaban J connectivity index is 1.76. The Hall–Kier alpha value is -2.77. The zero-order valence-electron chi connectivity index (χ0n) is 11.9. The molecule has 6 nitrogen and oxygen atoms in total. The molecule has 0 radical (unpaired) electrons. The SMILES string of the molecule is O=C(NNS(=O)(=O)c1ccccc1)c1ccc2ccccc2n1. The lowest BCUT2D eigenvalue weighted by molar-refractivity contribution is 0.0940. The first-order valence-electron chi connectivity index (χ1n) is 6.79. The minimum Gasteiger partial charge on any atom is -0.272 e. The summed E-state index contributed by atoms with van der Waals surface area (Å²) in [5, 5.41) is 0.897. The number of fused-ring (bicyclic) bond motifs is 1. The fourth-order valence-corrected chi connectivity index (χ4v) is 2.89. The van der Waals surface area contributed by atoms with Crippen LogP contribution in [0.1, 0.15) is 10.5 Å². The number of pyridine rings is 1. The average Bonchev–Trinajstić information content (AvgIpc) is 2.60. The van der Waals surface area contributed by atoms with Gasteiger partial charge in [-0.25, -0.2) is 13.4 Å². The molecule has 1 aromatic heterocycles. The van der Waals surface area contributed by atoms with Crippen molar-refractivity contribution >= 4 is 26.8 Å². The molecular weight excluding hydrogens is 314 g/mol. The van der Waals surface area contributed by atoms with Gasteiger partial charge < -0.3 is 0 Å². The Morgan fingerprint density at radius 2 is 1.57 bits per heavy atom. The summed E-state index contributed by atoms with van der Waals surface area (Å²) in [6, 6.07) is 18.4. The Morgan fingerprint density at radius 1 is 0.870 bits per heavy atom. The summed E-state index contributed by atoms with van der Waals surface area (Å²) in [6.45, 7) is 0. The number of benzene rings is 2. The average molecular weight is 327 g/mol. The molecule has 3 rings (SSSR count). The normalized spacial score (nSPS) is 11.3. The number of hydrogen-bond acceptors (Lipinski definition) is 4. The standard InChI is InChI=1S/C16H13N3O3S/c20-16(15-11-10-12-6-4-5-9-14(12)17-15)18-19-23(21,22)13-7-2-1-3-8-13/h1-11,19H,(H,18,20). The van der Waals surface area contributed by atoms with Crippen molar-refractivity contribution in [2.45, 2.75) is 4.90 Å². The molecule has 7 heteroatoms. The molecular formula is C16H13N3O3S. The Labute approximate surface area is 133 Å². The third kappa shape index (κ3) is 3.36. The molecule has 0 saturated carbocycles. The molecule has 1 amide bonds. The van der Waals surface area contributed by atoms with E-state index >= 15 is 0 Å². The molecule has 2 aromatic carbocycles. The molecule has 0 saturated heterocycles. The van der Waals surface area contributed by atoms with Gasteiger partial charge in [-0.1, -0.05) is 42.5 Å². The molecule has 116 valence electrons. The Morgan fingerprint density at radius 3 is 2.35 bits per heavy atom. The lowest BCUT2D eigenvalue weighted by Crippen LogP contribution is -2.41. The van der Waals surface area contributed by atoms with Gasteiger partial charge in [0, 0.05) is 5.39 Å². The maximum Gasteiger partial charge on any atom is 0.284 e. The summed E-state index contributed by atoms with van der Waals surface area (Å²) in [7, 11) is -3.82. The maximum atomic E-state index is 12.1. The molecule has 0 aliphatic heterocycles. The van der Waals surface area contributed by atoms with Gasteiger partial charge in [-0.05, 0) is 24.3 Å². The van der Waals surface area contributed by atoms with Gasteiger partial charge in [0.05, 0.1) is 10.4 Å². The van der Waals surface area contributed by atoms with Crippen molar-refractivity contribution < 1.29 is 13.2 Å². The number of carbonyl (C=O) groups is 1. The van der Waals surface area contributed by atoms with Gasteiger partial charge in [0.15, 0.2) is 0 Å². The summed E-state index contributed by atoms with van der Waals surface area (Å²) in [4.78, 5) is 18.4. The van der Waals surface area contributed by atoms with Gasteiger partial charge in [-0.2, -0.15) is 0 Å². The quantitative estimate of drug-likeness (QED) is 0.716. The second-order valence-electron chi connectivity index (χ2n) is 4.76. The number of sulfonamides is 1. The van der Waals surface area contributed by atoms with Crippen LogP contribution in [0.15, 0.2) is 71.6 Å². The second-order valence-corrected chi connectivity index (χ2v) is 6.44. The van der Waals surface area contributed by atoms with E-state index in [9.17, 15) is 13.2 Å². The maximum absolute atomic E-state index is 12.1. The van der Waals surface area contributed by atoms with Crippen LogP contribution in [0.5, 0.6) is 0 Å². The number of aromatic nitrogens is 1. The largest absolute Gasteiger partial charge is 0.284 e. The van der Waals surface area contributed by atoms with Gasteiger partial charge in [0.25, 0.3) is 15.9 Å². The minimum atomic E-state index is -3.82. The molecule has 3 aromatic rings. The van der Waals surface area contributed by atoms with Crippen LogP contribution >= 0.6 is 0 Å². The van der Waals surface area contributed by atoms with E-state index in [1.54, 1.807) is 30.3 Å². The molecule has 0 unspecified atom stereocenters. The highest BCUT2D eigenvalue weighted by molar-refractivity contribution is 7.89. The lowest BCUT2D eigenvalue weighted by Gasteiger charge is -2.08. The van der Waals surface area contributed by atoms with E-state index < -0.39 is 15.9 Å². The molecule has 1 heterocycles. The van der Waals surface area contributed by atoms with Crippen molar-refractivity contribution in [3.05, 3.63) is 72.4 Å². The molecule has 2 N–H and O–H groups in total. The van der Waals surface area contributed by atoms with Crippen molar-refractivity contribution in [1.29, 1.82) is 0 Å². The first-order valence-corrected chi connectivity index (χ1v) is 8.27. The first-order chi connectivity index (χ1) is 11.1. The van der Waals surface area contributed by atoms with Gasteiger partial charge in [0.2, 0.25) is 0 Å². The van der Waals surface area contributed by atoms with Gasteiger partial charge >= 0.3 is 0 Å². The molecule has 0 aliphatic carbocycles. The predicted molar refractivity (Wildman–Crippen MR) is 86.0 cm³/mol. The van der Waals surface area contributed by atoms with Crippen LogP contribution < -0.4 is 10.3 Å². The second kappa shape index (κ2) is 6.15. The monoisotopic (exact) mass is 327 g/mol. The number of hydrazine groups is 1. The fraction of sp³-hybridized carbons (Fsp3) is 0. The van der Waals surface area contributed by atoms with Crippen molar-refractivity contribution in [3.63, 3.8) is 0 Å². The third-order valence-electron chi connectivity index (χ3n) is 3.18. The molecule has 0 fully saturated rings. The van der Waals surface area contributed by atoms with Crippen LogP contribution in [0.4, 0.5) is 0 Å². The van der Waals surface area contributed by atoms with E-state index in [4.69, 9.17) is 0 Å². The van der Waals surface area contributed by atoms with E-state index in [1.165, 1.54) is 18.2 Å². The number of nitrogens with one attached hydrogen (secondary N) is 2. The van der Waals surface area contributed by atoms with E-state index in [2.05, 4.69) is 15.2 Å². The first kappa shape index (κ1) is 15.1. The summed E-state index contributed by atoms with van der Waals surface area (Å²) in [5.74, 6) is -0.629. The molecule has 0 aliphatic rings. The predicted octanol–water partition coefficient (Wildman–Crippen LogP) is 1.86. The third-order valence-corrected chi connectivity index (χ3v) is 4.45. The van der Waals surface area contributed by atoms with E-state index in [0.717, 1.165) is 5.39 Å². The topological polar surface area (TPSA) is 88.2 Å². The molecule has 23 heavy (non-hydrogen) atoms. The fourth-order valence-electron chi connectivity index (χ4n) is 2.03. The van der Waals surface area contributed by atoms with E-state index in [1.807, 2.05) is 18.2 Å². The lowest BCUT2D eigenvalue weighted by atomic mass is 10.2. The summed E-state index contributed by atoms with van der Waals surface area (Å²) < 4.78 is 24.1. The van der Waals surface area contributed by atoms with Crippen LogP contribution in [-0.4, -0.2) is 19.3 Å². The number of amides is 1. The molecule has 0 spiro atoms. The van der Waals surface area contributed by atoms with Gasteiger partial charge in [0.1, 0.15) is 5.69 Å². The van der Waals surface area contributed by atoms with Crippen LogP contribution in [0.25, 0.3) is 10.9 Å². The highest BCUT2D eigenvalue weighted by Crippen LogP contribution is 2.11. The summed E-state index contributed by atoms with van der Waals surface area (Å²) >= 11 is 0. The Bertz CT molecular complexity index is 956. The zero-order chi connectivity index (χ0) is 16.3. The number of carbonyl (C=O) groups excluding carboxylic acids is 1. The molecule has 0 atom stereocenters. The number of para-hydroxylation sites is 1. The van der Waals surface area contributed by atoms with E-state index in [0.29, 0.717) is 5.52 Å². The highest BCUT2D eigenvalue weighted by Gasteiger charge is 2.15. The minimum absolute atomic E-state index is 0.0618. The van der Waals surface area contributed by atoms with E-state index in [-0.39, 0.29) is 10.6 Å². The van der Waals surface area contributed by atoms with Gasteiger partial charge in [-0.3, -0.25) is 10.2 Å².